The third kappa shape index (κ3) is 4.40. The van der Waals surface area contributed by atoms with Gasteiger partial charge in [-0.2, -0.15) is 0 Å². The van der Waals surface area contributed by atoms with Crippen LogP contribution in [-0.4, -0.2) is 37.6 Å². The van der Waals surface area contributed by atoms with Gasteiger partial charge in [-0.1, -0.05) is 19.3 Å². The maximum Gasteiger partial charge on any atom is 0.326 e. The minimum Gasteiger partial charge on any atom is -0.480 e. The lowest BCUT2D eigenvalue weighted by Crippen LogP contribution is -2.42. The van der Waals surface area contributed by atoms with Crippen LogP contribution in [0.1, 0.15) is 54.1 Å². The topological polar surface area (TPSA) is 139 Å². The average molecular weight is 512 g/mol. The molecule has 1 aliphatic rings. The smallest absolute Gasteiger partial charge is 0.326 e. The van der Waals surface area contributed by atoms with Crippen LogP contribution in [0.4, 0.5) is 5.69 Å². The molecule has 0 bridgehead atoms. The molecule has 5 N–H and O–H groups in total. The summed E-state index contributed by atoms with van der Waals surface area (Å²) in [5.41, 5.74) is 11.0. The van der Waals surface area contributed by atoms with Gasteiger partial charge in [0, 0.05) is 40.8 Å². The minimum absolute atomic E-state index is 0.119. The second kappa shape index (κ2) is 9.74. The molecule has 1 unspecified atom stereocenters. The van der Waals surface area contributed by atoms with Crippen molar-refractivity contribution in [1.82, 2.24) is 19.9 Å². The number of hydrogen-bond acceptors (Lipinski definition) is 5. The lowest BCUT2D eigenvalue weighted by atomic mass is 9.95. The van der Waals surface area contributed by atoms with Crippen molar-refractivity contribution in [3.8, 4) is 11.4 Å². The lowest BCUT2D eigenvalue weighted by Gasteiger charge is -2.25. The van der Waals surface area contributed by atoms with E-state index in [1.54, 1.807) is 43.0 Å². The normalized spacial score (nSPS) is 15.2. The molecule has 9 nitrogen and oxygen atoms in total. The number of nitrogens with zero attached hydrogens (tertiary/aromatic N) is 2. The first kappa shape index (κ1) is 23.8. The first-order chi connectivity index (χ1) is 18.5. The average Bonchev–Trinajstić information content (AvgIpc) is 3.67. The number of aromatic amines is 1. The van der Waals surface area contributed by atoms with E-state index in [1.165, 1.54) is 19.3 Å². The van der Waals surface area contributed by atoms with Gasteiger partial charge in [-0.25, -0.2) is 9.78 Å². The predicted octanol–water partition coefficient (Wildman–Crippen LogP) is 5.29. The van der Waals surface area contributed by atoms with Crippen LogP contribution in [0.3, 0.4) is 0 Å². The lowest BCUT2D eigenvalue weighted by molar-refractivity contribution is -0.139. The minimum atomic E-state index is -1.11. The van der Waals surface area contributed by atoms with Gasteiger partial charge >= 0.3 is 5.97 Å². The van der Waals surface area contributed by atoms with Crippen LogP contribution in [-0.2, 0) is 11.2 Å². The van der Waals surface area contributed by atoms with Crippen molar-refractivity contribution in [3.05, 3.63) is 72.3 Å². The summed E-state index contributed by atoms with van der Waals surface area (Å²) in [5.74, 6) is -0.752. The van der Waals surface area contributed by atoms with E-state index in [-0.39, 0.29) is 6.42 Å². The zero-order valence-electron chi connectivity index (χ0n) is 20.8. The number of anilines is 1. The number of imidazole rings is 1. The number of carbonyl (C=O) groups excluding carboxylic acids is 1. The third-order valence-electron chi connectivity index (χ3n) is 7.49. The van der Waals surface area contributed by atoms with Crippen LogP contribution in [0.15, 0.2) is 65.6 Å². The Morgan fingerprint density at radius 3 is 2.76 bits per heavy atom. The van der Waals surface area contributed by atoms with Crippen LogP contribution in [0, 0.1) is 0 Å². The number of aromatic nitrogens is 3. The highest BCUT2D eigenvalue weighted by Gasteiger charge is 2.25. The molecule has 9 heteroatoms. The van der Waals surface area contributed by atoms with Crippen molar-refractivity contribution < 1.29 is 19.1 Å². The quantitative estimate of drug-likeness (QED) is 0.219. The monoisotopic (exact) mass is 511 g/mol. The highest BCUT2D eigenvalue weighted by Crippen LogP contribution is 2.36. The number of nitrogens with two attached hydrogens (primary N) is 1. The van der Waals surface area contributed by atoms with Crippen LogP contribution < -0.4 is 11.1 Å². The summed E-state index contributed by atoms with van der Waals surface area (Å²) in [7, 11) is 0. The second-order valence-electron chi connectivity index (χ2n) is 10.0. The van der Waals surface area contributed by atoms with Gasteiger partial charge in [-0.05, 0) is 60.9 Å². The molecule has 1 saturated carbocycles. The first-order valence-corrected chi connectivity index (χ1v) is 12.9. The first-order valence-electron chi connectivity index (χ1n) is 12.9. The highest BCUT2D eigenvalue weighted by molar-refractivity contribution is 6.00. The Labute approximate surface area is 218 Å². The van der Waals surface area contributed by atoms with E-state index in [2.05, 4.69) is 14.9 Å². The molecule has 0 spiro atoms. The highest BCUT2D eigenvalue weighted by atomic mass is 16.4. The fourth-order valence-electron chi connectivity index (χ4n) is 5.57. The molecule has 1 amide bonds. The number of furan rings is 1. The molecule has 3 aromatic heterocycles. The van der Waals surface area contributed by atoms with Crippen LogP contribution in [0.2, 0.25) is 0 Å². The zero-order chi connectivity index (χ0) is 26.2. The second-order valence-corrected chi connectivity index (χ2v) is 10.0. The van der Waals surface area contributed by atoms with Gasteiger partial charge in [0.2, 0.25) is 0 Å². The van der Waals surface area contributed by atoms with Crippen molar-refractivity contribution >= 4 is 39.5 Å². The standard InChI is InChI=1S/C29H29N5O4/c30-20-7-8-23-22(14-20)19(15-31-23)13-25(29(36)37)33-28(35)17-6-9-26-24(12-17)32-27(18-10-11-38-16-18)34(26)21-4-2-1-3-5-21/h6-12,14-16,21,25,31H,1-5,13,30H2,(H,33,35)(H,36,37). The van der Waals surface area contributed by atoms with E-state index in [0.717, 1.165) is 46.2 Å². The van der Waals surface area contributed by atoms with E-state index in [1.807, 2.05) is 18.2 Å². The summed E-state index contributed by atoms with van der Waals surface area (Å²) < 4.78 is 7.60. The van der Waals surface area contributed by atoms with E-state index < -0.39 is 17.9 Å². The number of aliphatic carboxylic acids is 1. The fourth-order valence-corrected chi connectivity index (χ4v) is 5.57. The maximum absolute atomic E-state index is 13.2. The molecule has 1 aliphatic carbocycles. The molecule has 5 aromatic rings. The summed E-state index contributed by atoms with van der Waals surface area (Å²) in [6.45, 7) is 0. The number of H-pyrrole nitrogens is 1. The predicted molar refractivity (Wildman–Crippen MR) is 145 cm³/mol. The number of carboxylic acids is 1. The SMILES string of the molecule is Nc1ccc2[nH]cc(CC(NC(=O)c3ccc4c(c3)nc(-c3ccoc3)n4C3CCCCC3)C(=O)O)c2c1. The van der Waals surface area contributed by atoms with Crippen molar-refractivity contribution in [2.45, 2.75) is 50.6 Å². The Morgan fingerprint density at radius 1 is 1.16 bits per heavy atom. The summed E-state index contributed by atoms with van der Waals surface area (Å²) in [5, 5.41) is 13.4. The largest absolute Gasteiger partial charge is 0.480 e. The molecule has 3 heterocycles. The Hall–Kier alpha value is -4.53. The molecule has 6 rings (SSSR count). The molecule has 2 aromatic carbocycles. The van der Waals surface area contributed by atoms with Crippen molar-refractivity contribution in [3.63, 3.8) is 0 Å². The van der Waals surface area contributed by atoms with Gasteiger partial charge in [0.25, 0.3) is 5.91 Å². The summed E-state index contributed by atoms with van der Waals surface area (Å²) in [4.78, 5) is 33.3. The molecule has 38 heavy (non-hydrogen) atoms. The number of amides is 1. The Morgan fingerprint density at radius 2 is 2.00 bits per heavy atom. The van der Waals surface area contributed by atoms with Crippen LogP contribution in [0.5, 0.6) is 0 Å². The molecule has 194 valence electrons. The zero-order valence-corrected chi connectivity index (χ0v) is 20.8. The fraction of sp³-hybridized carbons (Fsp3) is 0.276. The van der Waals surface area contributed by atoms with E-state index >= 15 is 0 Å². The van der Waals surface area contributed by atoms with Crippen molar-refractivity contribution in [2.75, 3.05) is 5.73 Å². The number of nitrogens with one attached hydrogen (secondary N) is 2. The number of nitrogen functional groups attached to an aromatic ring is 1. The molecule has 0 radical (unpaired) electrons. The van der Waals surface area contributed by atoms with E-state index in [9.17, 15) is 14.7 Å². The van der Waals surface area contributed by atoms with Gasteiger partial charge in [0.15, 0.2) is 0 Å². The van der Waals surface area contributed by atoms with Gasteiger partial charge in [-0.3, -0.25) is 4.79 Å². The van der Waals surface area contributed by atoms with Gasteiger partial charge in [0.05, 0.1) is 22.9 Å². The molecule has 1 fully saturated rings. The number of carboxylic acid groups (broad SMARTS) is 1. The number of hydrogen-bond donors (Lipinski definition) is 4. The van der Waals surface area contributed by atoms with Gasteiger partial charge in [0.1, 0.15) is 18.1 Å². The number of fused-ring (bicyclic) bond motifs is 2. The molecule has 1 atom stereocenters. The number of carbonyl (C=O) groups is 2. The van der Waals surface area contributed by atoms with E-state index in [0.29, 0.717) is 22.8 Å². The summed E-state index contributed by atoms with van der Waals surface area (Å²) >= 11 is 0. The third-order valence-corrected chi connectivity index (χ3v) is 7.49. The van der Waals surface area contributed by atoms with E-state index in [4.69, 9.17) is 15.1 Å². The number of rotatable bonds is 7. The Balaban J connectivity index is 1.29. The summed E-state index contributed by atoms with van der Waals surface area (Å²) in [6, 6.07) is 11.9. The summed E-state index contributed by atoms with van der Waals surface area (Å²) in [6.07, 6.45) is 10.9. The molecule has 0 aliphatic heterocycles. The van der Waals surface area contributed by atoms with Crippen molar-refractivity contribution in [1.29, 1.82) is 0 Å². The molecular weight excluding hydrogens is 482 g/mol. The van der Waals surface area contributed by atoms with Crippen molar-refractivity contribution in [2.24, 2.45) is 0 Å². The Bertz CT molecular complexity index is 1630. The number of benzene rings is 2. The van der Waals surface area contributed by atoms with Crippen LogP contribution >= 0.6 is 0 Å². The molecular formula is C29H29N5O4. The van der Waals surface area contributed by atoms with Gasteiger partial charge in [-0.15, -0.1) is 0 Å². The van der Waals surface area contributed by atoms with Crippen LogP contribution in [0.25, 0.3) is 33.3 Å². The molecule has 0 saturated heterocycles. The maximum atomic E-state index is 13.2. The van der Waals surface area contributed by atoms with Gasteiger partial charge < -0.3 is 30.1 Å². The Kier molecular flexibility index (Phi) is 6.11.